The highest BCUT2D eigenvalue weighted by Gasteiger charge is 2.09. The van der Waals surface area contributed by atoms with Crippen molar-refractivity contribution in [3.05, 3.63) is 59.4 Å². The molecule has 3 nitrogen and oxygen atoms in total. The third-order valence-corrected chi connectivity index (χ3v) is 2.95. The Kier molecular flexibility index (Phi) is 4.58. The first-order valence-electron chi connectivity index (χ1n) is 6.33. The van der Waals surface area contributed by atoms with Crippen LogP contribution in [0.1, 0.15) is 24.2 Å². The lowest BCUT2D eigenvalue weighted by atomic mass is 10.1. The summed E-state index contributed by atoms with van der Waals surface area (Å²) in [6.45, 7) is 1.93. The van der Waals surface area contributed by atoms with Gasteiger partial charge in [0, 0.05) is 0 Å². The zero-order valence-corrected chi connectivity index (χ0v) is 11.5. The van der Waals surface area contributed by atoms with Crippen LogP contribution in [0.3, 0.4) is 0 Å². The van der Waals surface area contributed by atoms with E-state index in [4.69, 9.17) is 9.47 Å². The molecule has 20 heavy (non-hydrogen) atoms. The highest BCUT2D eigenvalue weighted by Crippen LogP contribution is 2.30. The van der Waals surface area contributed by atoms with Gasteiger partial charge < -0.3 is 14.6 Å². The molecule has 0 heterocycles. The van der Waals surface area contributed by atoms with Crippen molar-refractivity contribution in [2.75, 3.05) is 7.11 Å². The molecule has 0 spiro atoms. The number of ether oxygens (including phenoxy) is 2. The number of benzene rings is 2. The van der Waals surface area contributed by atoms with Gasteiger partial charge in [-0.05, 0) is 42.3 Å². The van der Waals surface area contributed by atoms with Gasteiger partial charge in [0.05, 0.1) is 13.2 Å². The maximum atomic E-state index is 13.1. The van der Waals surface area contributed by atoms with Crippen molar-refractivity contribution in [3.63, 3.8) is 0 Å². The van der Waals surface area contributed by atoms with Crippen LogP contribution < -0.4 is 9.47 Å². The van der Waals surface area contributed by atoms with Crippen LogP contribution >= 0.6 is 0 Å². The summed E-state index contributed by atoms with van der Waals surface area (Å²) in [5.41, 5.74) is 1.49. The maximum absolute atomic E-state index is 13.1. The number of halogens is 1. The monoisotopic (exact) mass is 276 g/mol. The number of rotatable bonds is 5. The fraction of sp³-hybridized carbons (Fsp3) is 0.250. The molecule has 0 bridgehead atoms. The van der Waals surface area contributed by atoms with Gasteiger partial charge in [-0.2, -0.15) is 0 Å². The predicted octanol–water partition coefficient (Wildman–Crippen LogP) is 3.47. The molecular weight excluding hydrogens is 259 g/mol. The molecule has 1 atom stereocenters. The van der Waals surface area contributed by atoms with Gasteiger partial charge in [-0.25, -0.2) is 4.39 Å². The third-order valence-electron chi connectivity index (χ3n) is 2.95. The van der Waals surface area contributed by atoms with Gasteiger partial charge in [0.2, 0.25) is 0 Å². The molecule has 106 valence electrons. The van der Waals surface area contributed by atoms with Crippen molar-refractivity contribution in [1.82, 2.24) is 0 Å². The normalized spacial score (nSPS) is 12.0. The number of hydrogen-bond acceptors (Lipinski definition) is 3. The van der Waals surface area contributed by atoms with Crippen LogP contribution in [0.4, 0.5) is 4.39 Å². The smallest absolute Gasteiger partial charge is 0.161 e. The minimum absolute atomic E-state index is 0.252. The van der Waals surface area contributed by atoms with Crippen LogP contribution in [0.2, 0.25) is 0 Å². The Morgan fingerprint density at radius 1 is 1.15 bits per heavy atom. The summed E-state index contributed by atoms with van der Waals surface area (Å²) >= 11 is 0. The van der Waals surface area contributed by atoms with Crippen molar-refractivity contribution < 1.29 is 19.0 Å². The standard InChI is InChI=1S/C16H17FO3/c1-11(18)13-6-7-15(16(9-13)19-2)20-10-12-4-3-5-14(17)8-12/h3-9,11,18H,10H2,1-2H3/t11-/m0/s1. The summed E-state index contributed by atoms with van der Waals surface area (Å²) in [7, 11) is 1.54. The predicted molar refractivity (Wildman–Crippen MR) is 74.4 cm³/mol. The molecule has 0 amide bonds. The molecule has 0 aliphatic rings. The Hall–Kier alpha value is -2.07. The van der Waals surface area contributed by atoms with Crippen molar-refractivity contribution >= 4 is 0 Å². The molecule has 0 unspecified atom stereocenters. The molecule has 2 aromatic rings. The first-order valence-corrected chi connectivity index (χ1v) is 6.33. The lowest BCUT2D eigenvalue weighted by Crippen LogP contribution is -1.99. The lowest BCUT2D eigenvalue weighted by Gasteiger charge is -2.13. The molecule has 0 aliphatic heterocycles. The molecule has 2 aromatic carbocycles. The van der Waals surface area contributed by atoms with E-state index in [2.05, 4.69) is 0 Å². The van der Waals surface area contributed by atoms with Gasteiger partial charge in [-0.15, -0.1) is 0 Å². The summed E-state index contributed by atoms with van der Waals surface area (Å²) in [5, 5.41) is 9.53. The van der Waals surface area contributed by atoms with E-state index in [1.54, 1.807) is 37.3 Å². The van der Waals surface area contributed by atoms with Gasteiger partial charge in [-0.3, -0.25) is 0 Å². The SMILES string of the molecule is COc1cc([C@H](C)O)ccc1OCc1cccc(F)c1. The summed E-state index contributed by atoms with van der Waals surface area (Å²) in [6.07, 6.45) is -0.568. The van der Waals surface area contributed by atoms with Crippen LogP contribution in [0.15, 0.2) is 42.5 Å². The molecule has 0 fully saturated rings. The van der Waals surface area contributed by atoms with Gasteiger partial charge in [0.15, 0.2) is 11.5 Å². The third kappa shape index (κ3) is 3.48. The molecule has 2 rings (SSSR count). The van der Waals surface area contributed by atoms with E-state index in [-0.39, 0.29) is 12.4 Å². The van der Waals surface area contributed by atoms with E-state index < -0.39 is 6.10 Å². The second-order valence-electron chi connectivity index (χ2n) is 4.50. The van der Waals surface area contributed by atoms with Crippen molar-refractivity contribution in [2.45, 2.75) is 19.6 Å². The average molecular weight is 276 g/mol. The first-order chi connectivity index (χ1) is 9.60. The van der Waals surface area contributed by atoms with Crippen LogP contribution in [0.25, 0.3) is 0 Å². The number of methoxy groups -OCH3 is 1. The fourth-order valence-corrected chi connectivity index (χ4v) is 1.85. The molecular formula is C16H17FO3. The zero-order valence-electron chi connectivity index (χ0n) is 11.5. The van der Waals surface area contributed by atoms with Crippen LogP contribution in [-0.4, -0.2) is 12.2 Å². The van der Waals surface area contributed by atoms with Gasteiger partial charge in [-0.1, -0.05) is 18.2 Å². The van der Waals surface area contributed by atoms with Crippen LogP contribution in [0, 0.1) is 5.82 Å². The second-order valence-corrected chi connectivity index (χ2v) is 4.50. The van der Waals surface area contributed by atoms with Crippen molar-refractivity contribution in [2.24, 2.45) is 0 Å². The molecule has 0 radical (unpaired) electrons. The summed E-state index contributed by atoms with van der Waals surface area (Å²) in [6, 6.07) is 11.5. The Balaban J connectivity index is 2.13. The quantitative estimate of drug-likeness (QED) is 0.908. The highest BCUT2D eigenvalue weighted by atomic mass is 19.1. The Bertz CT molecular complexity index is 582. The Morgan fingerprint density at radius 2 is 1.95 bits per heavy atom. The molecule has 0 saturated heterocycles. The fourth-order valence-electron chi connectivity index (χ4n) is 1.85. The minimum Gasteiger partial charge on any atom is -0.493 e. The zero-order chi connectivity index (χ0) is 14.5. The molecule has 4 heteroatoms. The molecule has 1 N–H and O–H groups in total. The van der Waals surface area contributed by atoms with Crippen molar-refractivity contribution in [1.29, 1.82) is 0 Å². The van der Waals surface area contributed by atoms with E-state index in [9.17, 15) is 9.50 Å². The number of aliphatic hydroxyl groups is 1. The van der Waals surface area contributed by atoms with Gasteiger partial charge in [0.1, 0.15) is 12.4 Å². The largest absolute Gasteiger partial charge is 0.493 e. The summed E-state index contributed by atoms with van der Waals surface area (Å²) in [4.78, 5) is 0. The Labute approximate surface area is 117 Å². The summed E-state index contributed by atoms with van der Waals surface area (Å²) < 4.78 is 23.9. The minimum atomic E-state index is -0.568. The first kappa shape index (κ1) is 14.3. The average Bonchev–Trinajstić information content (AvgIpc) is 2.45. The Morgan fingerprint density at radius 3 is 2.60 bits per heavy atom. The molecule has 0 aromatic heterocycles. The second kappa shape index (κ2) is 6.39. The van der Waals surface area contributed by atoms with E-state index in [0.717, 1.165) is 11.1 Å². The van der Waals surface area contributed by atoms with E-state index in [1.807, 2.05) is 0 Å². The summed E-state index contributed by atoms with van der Waals surface area (Å²) in [5.74, 6) is 0.809. The van der Waals surface area contributed by atoms with Crippen LogP contribution in [-0.2, 0) is 6.61 Å². The number of hydrogen-bond donors (Lipinski definition) is 1. The van der Waals surface area contributed by atoms with E-state index >= 15 is 0 Å². The van der Waals surface area contributed by atoms with E-state index in [1.165, 1.54) is 19.2 Å². The van der Waals surface area contributed by atoms with Gasteiger partial charge in [0.25, 0.3) is 0 Å². The van der Waals surface area contributed by atoms with Gasteiger partial charge >= 0.3 is 0 Å². The number of aliphatic hydroxyl groups excluding tert-OH is 1. The molecule has 0 aliphatic carbocycles. The highest BCUT2D eigenvalue weighted by molar-refractivity contribution is 5.43. The lowest BCUT2D eigenvalue weighted by molar-refractivity contribution is 0.198. The maximum Gasteiger partial charge on any atom is 0.161 e. The van der Waals surface area contributed by atoms with Crippen LogP contribution in [0.5, 0.6) is 11.5 Å². The molecule has 0 saturated carbocycles. The van der Waals surface area contributed by atoms with E-state index in [0.29, 0.717) is 11.5 Å². The van der Waals surface area contributed by atoms with Crippen molar-refractivity contribution in [3.8, 4) is 11.5 Å². The topological polar surface area (TPSA) is 38.7 Å².